The van der Waals surface area contributed by atoms with Crippen molar-refractivity contribution in [3.8, 4) is 0 Å². The minimum atomic E-state index is -3.27. The molecule has 1 aliphatic heterocycles. The first-order valence-corrected chi connectivity index (χ1v) is 8.27. The SMILES string of the molecule is CS(=O)(=O)CC(=O)NCC1NCCc2ccccc21.Cl. The van der Waals surface area contributed by atoms with E-state index in [0.29, 0.717) is 6.54 Å². The van der Waals surface area contributed by atoms with E-state index in [0.717, 1.165) is 19.2 Å². The van der Waals surface area contributed by atoms with Crippen molar-refractivity contribution in [3.63, 3.8) is 0 Å². The molecular formula is C13H19ClN2O3S. The van der Waals surface area contributed by atoms with Crippen molar-refractivity contribution in [1.82, 2.24) is 10.6 Å². The molecule has 20 heavy (non-hydrogen) atoms. The summed E-state index contributed by atoms with van der Waals surface area (Å²) in [5, 5.41) is 6.00. The lowest BCUT2D eigenvalue weighted by molar-refractivity contribution is -0.118. The molecule has 2 rings (SSSR count). The maximum Gasteiger partial charge on any atom is 0.235 e. The van der Waals surface area contributed by atoms with Crippen LogP contribution in [0.3, 0.4) is 0 Å². The molecule has 0 aromatic heterocycles. The van der Waals surface area contributed by atoms with Crippen LogP contribution in [0.15, 0.2) is 24.3 Å². The highest BCUT2D eigenvalue weighted by molar-refractivity contribution is 7.91. The zero-order valence-electron chi connectivity index (χ0n) is 11.3. The second kappa shape index (κ2) is 7.06. The van der Waals surface area contributed by atoms with Gasteiger partial charge in [-0.3, -0.25) is 4.79 Å². The number of fused-ring (bicyclic) bond motifs is 1. The van der Waals surface area contributed by atoms with Crippen molar-refractivity contribution < 1.29 is 13.2 Å². The molecule has 1 aliphatic rings. The lowest BCUT2D eigenvalue weighted by atomic mass is 9.94. The van der Waals surface area contributed by atoms with Crippen molar-refractivity contribution in [1.29, 1.82) is 0 Å². The predicted molar refractivity (Wildman–Crippen MR) is 80.9 cm³/mol. The Morgan fingerprint density at radius 1 is 1.40 bits per heavy atom. The van der Waals surface area contributed by atoms with E-state index in [1.165, 1.54) is 11.1 Å². The number of rotatable bonds is 4. The molecule has 0 radical (unpaired) electrons. The fourth-order valence-corrected chi connectivity index (χ4v) is 2.86. The van der Waals surface area contributed by atoms with E-state index in [1.807, 2.05) is 18.2 Å². The molecule has 1 unspecified atom stereocenters. The summed E-state index contributed by atoms with van der Waals surface area (Å²) < 4.78 is 22.0. The van der Waals surface area contributed by atoms with Crippen LogP contribution in [0.5, 0.6) is 0 Å². The number of carbonyl (C=O) groups is 1. The van der Waals surface area contributed by atoms with Gasteiger partial charge >= 0.3 is 0 Å². The van der Waals surface area contributed by atoms with Gasteiger partial charge in [-0.2, -0.15) is 0 Å². The molecule has 112 valence electrons. The molecule has 1 atom stereocenters. The molecule has 0 saturated heterocycles. The maximum absolute atomic E-state index is 11.5. The summed E-state index contributed by atoms with van der Waals surface area (Å²) in [6.45, 7) is 1.27. The molecule has 7 heteroatoms. The average Bonchev–Trinajstić information content (AvgIpc) is 2.34. The molecule has 0 fully saturated rings. The van der Waals surface area contributed by atoms with Crippen molar-refractivity contribution in [3.05, 3.63) is 35.4 Å². The molecule has 5 nitrogen and oxygen atoms in total. The van der Waals surface area contributed by atoms with Gasteiger partial charge in [0.25, 0.3) is 0 Å². The van der Waals surface area contributed by atoms with Gasteiger partial charge < -0.3 is 10.6 Å². The van der Waals surface area contributed by atoms with Crippen LogP contribution in [0.2, 0.25) is 0 Å². The summed E-state index contributed by atoms with van der Waals surface area (Å²) in [6.07, 6.45) is 2.03. The predicted octanol–water partition coefficient (Wildman–Crippen LogP) is 0.456. The van der Waals surface area contributed by atoms with E-state index in [9.17, 15) is 13.2 Å². The fraction of sp³-hybridized carbons (Fsp3) is 0.462. The zero-order valence-corrected chi connectivity index (χ0v) is 12.9. The van der Waals surface area contributed by atoms with E-state index in [-0.39, 0.29) is 18.4 Å². The van der Waals surface area contributed by atoms with E-state index in [2.05, 4.69) is 16.7 Å². The third-order valence-electron chi connectivity index (χ3n) is 3.11. The van der Waals surface area contributed by atoms with Crippen LogP contribution in [0, 0.1) is 0 Å². The lowest BCUT2D eigenvalue weighted by Gasteiger charge is -2.27. The monoisotopic (exact) mass is 318 g/mol. The third-order valence-corrected chi connectivity index (χ3v) is 3.90. The highest BCUT2D eigenvalue weighted by Crippen LogP contribution is 2.21. The summed E-state index contributed by atoms with van der Waals surface area (Å²) in [5.74, 6) is -0.909. The van der Waals surface area contributed by atoms with Gasteiger partial charge in [-0.15, -0.1) is 12.4 Å². The van der Waals surface area contributed by atoms with E-state index in [4.69, 9.17) is 0 Å². The summed E-state index contributed by atoms with van der Waals surface area (Å²) in [7, 11) is -3.27. The smallest absolute Gasteiger partial charge is 0.235 e. The number of sulfone groups is 1. The molecular weight excluding hydrogens is 300 g/mol. The van der Waals surface area contributed by atoms with E-state index in [1.54, 1.807) is 0 Å². The Morgan fingerprint density at radius 3 is 2.80 bits per heavy atom. The van der Waals surface area contributed by atoms with Gasteiger partial charge in [0.1, 0.15) is 5.75 Å². The number of benzene rings is 1. The maximum atomic E-state index is 11.5. The Kier molecular flexibility index (Phi) is 5.98. The summed E-state index contributed by atoms with van der Waals surface area (Å²) in [5.41, 5.74) is 2.46. The Hall–Kier alpha value is -1.11. The Labute approximate surface area is 125 Å². The number of hydrogen-bond acceptors (Lipinski definition) is 4. The minimum Gasteiger partial charge on any atom is -0.353 e. The minimum absolute atomic E-state index is 0. The molecule has 1 heterocycles. The summed E-state index contributed by atoms with van der Waals surface area (Å²) in [6, 6.07) is 8.14. The van der Waals surface area contributed by atoms with Crippen molar-refractivity contribution in [2.75, 3.05) is 25.1 Å². The Balaban J connectivity index is 0.00000200. The van der Waals surface area contributed by atoms with Crippen molar-refractivity contribution in [2.24, 2.45) is 0 Å². The number of amides is 1. The third kappa shape index (κ3) is 4.77. The quantitative estimate of drug-likeness (QED) is 0.845. The van der Waals surface area contributed by atoms with Gasteiger partial charge in [0.2, 0.25) is 5.91 Å². The normalized spacial score (nSPS) is 17.8. The van der Waals surface area contributed by atoms with Crippen LogP contribution in [0.25, 0.3) is 0 Å². The number of carbonyl (C=O) groups excluding carboxylic acids is 1. The molecule has 0 bridgehead atoms. The summed E-state index contributed by atoms with van der Waals surface area (Å²) >= 11 is 0. The van der Waals surface area contributed by atoms with Crippen LogP contribution in [0.4, 0.5) is 0 Å². The van der Waals surface area contributed by atoms with E-state index < -0.39 is 21.5 Å². The van der Waals surface area contributed by atoms with Crippen LogP contribution < -0.4 is 10.6 Å². The standard InChI is InChI=1S/C13H18N2O3S.ClH/c1-19(17,18)9-13(16)15-8-12-11-5-3-2-4-10(11)6-7-14-12;/h2-5,12,14H,6-9H2,1H3,(H,15,16);1H. The second-order valence-electron chi connectivity index (χ2n) is 4.83. The number of hydrogen-bond donors (Lipinski definition) is 2. The van der Waals surface area contributed by atoms with Gasteiger partial charge in [-0.05, 0) is 24.1 Å². The van der Waals surface area contributed by atoms with Crippen LogP contribution >= 0.6 is 12.4 Å². The van der Waals surface area contributed by atoms with Crippen molar-refractivity contribution in [2.45, 2.75) is 12.5 Å². The second-order valence-corrected chi connectivity index (χ2v) is 6.97. The van der Waals surface area contributed by atoms with E-state index >= 15 is 0 Å². The first-order chi connectivity index (χ1) is 8.96. The van der Waals surface area contributed by atoms with Crippen LogP contribution in [-0.4, -0.2) is 39.4 Å². The van der Waals surface area contributed by atoms with Crippen LogP contribution in [0.1, 0.15) is 17.2 Å². The van der Waals surface area contributed by atoms with Gasteiger partial charge in [0.05, 0.1) is 0 Å². The van der Waals surface area contributed by atoms with Gasteiger partial charge in [0.15, 0.2) is 9.84 Å². The van der Waals surface area contributed by atoms with Crippen molar-refractivity contribution >= 4 is 28.2 Å². The first kappa shape index (κ1) is 16.9. The Morgan fingerprint density at radius 2 is 2.10 bits per heavy atom. The Bertz CT molecular complexity index is 575. The molecule has 0 aliphatic carbocycles. The molecule has 0 spiro atoms. The topological polar surface area (TPSA) is 75.3 Å². The lowest BCUT2D eigenvalue weighted by Crippen LogP contribution is -2.40. The van der Waals surface area contributed by atoms with Crippen LogP contribution in [-0.2, 0) is 21.1 Å². The molecule has 1 amide bonds. The van der Waals surface area contributed by atoms with Gasteiger partial charge in [-0.1, -0.05) is 24.3 Å². The molecule has 1 aromatic rings. The number of halogens is 1. The molecule has 0 saturated carbocycles. The van der Waals surface area contributed by atoms with Gasteiger partial charge in [0, 0.05) is 18.8 Å². The molecule has 1 aromatic carbocycles. The average molecular weight is 319 g/mol. The first-order valence-electron chi connectivity index (χ1n) is 6.21. The highest BCUT2D eigenvalue weighted by atomic mass is 35.5. The summed E-state index contributed by atoms with van der Waals surface area (Å²) in [4.78, 5) is 11.5. The zero-order chi connectivity index (χ0) is 13.9. The van der Waals surface area contributed by atoms with Gasteiger partial charge in [-0.25, -0.2) is 8.42 Å². The fourth-order valence-electron chi connectivity index (χ4n) is 2.28. The molecule has 2 N–H and O–H groups in total. The number of nitrogens with one attached hydrogen (secondary N) is 2. The largest absolute Gasteiger partial charge is 0.353 e. The highest BCUT2D eigenvalue weighted by Gasteiger charge is 2.20.